The summed E-state index contributed by atoms with van der Waals surface area (Å²) in [5.74, 6) is -1.67. The van der Waals surface area contributed by atoms with Gasteiger partial charge in [0.1, 0.15) is 11.7 Å². The van der Waals surface area contributed by atoms with Gasteiger partial charge in [0.25, 0.3) is 11.9 Å². The molecule has 198 valence electrons. The monoisotopic (exact) mass is 509 g/mol. The molecule has 1 aliphatic heterocycles. The molecule has 2 heterocycles. The van der Waals surface area contributed by atoms with Gasteiger partial charge in [-0.25, -0.2) is 4.98 Å². The van der Waals surface area contributed by atoms with Crippen molar-refractivity contribution in [3.8, 4) is 0 Å². The third kappa shape index (κ3) is 9.58. The average molecular weight is 509 g/mol. The first-order valence-electron chi connectivity index (χ1n) is 12.7. The normalized spacial score (nSPS) is 17.0. The van der Waals surface area contributed by atoms with Crippen LogP contribution in [0.5, 0.6) is 0 Å². The van der Waals surface area contributed by atoms with Crippen LogP contribution in [0.4, 0.5) is 0 Å². The Labute approximate surface area is 218 Å². The number of aromatic nitrogens is 2. The highest BCUT2D eigenvalue weighted by molar-refractivity contribution is 6.49. The number of amides is 2. The minimum atomic E-state index is -0.921. The number of nitrogens with one attached hydrogen (secondary N) is 2. The lowest BCUT2D eigenvalue weighted by molar-refractivity contribution is -0.137. The Kier molecular flexibility index (Phi) is 11.0. The fourth-order valence-corrected chi connectivity index (χ4v) is 4.09. The highest BCUT2D eigenvalue weighted by atomic mass is 16.6. The molecule has 1 aromatic carbocycles. The molecule has 2 N–H and O–H groups in total. The van der Waals surface area contributed by atoms with Gasteiger partial charge in [-0.15, -0.1) is 0 Å². The van der Waals surface area contributed by atoms with Crippen LogP contribution in [0.2, 0.25) is 0 Å². The summed E-state index contributed by atoms with van der Waals surface area (Å²) in [4.78, 5) is 49.0. The molecule has 0 aliphatic carbocycles. The van der Waals surface area contributed by atoms with E-state index in [1.54, 1.807) is 0 Å². The molecular weight excluding hydrogens is 473 g/mol. The summed E-state index contributed by atoms with van der Waals surface area (Å²) in [6.07, 6.45) is 6.05. The quantitative estimate of drug-likeness (QED) is 0.490. The first-order chi connectivity index (χ1) is 17.8. The van der Waals surface area contributed by atoms with Crippen molar-refractivity contribution in [2.75, 3.05) is 26.7 Å². The molecule has 37 heavy (non-hydrogen) atoms. The Morgan fingerprint density at radius 3 is 2.62 bits per heavy atom. The maximum Gasteiger partial charge on any atom is 0.551 e. The number of nitrogens with zero attached hydrogens (tertiary/aromatic N) is 3. The molecule has 1 saturated heterocycles. The fraction of sp³-hybridized carbons (Fsp3) is 0.500. The molecule has 2 amide bonds. The van der Waals surface area contributed by atoms with Crippen LogP contribution in [-0.2, 0) is 25.3 Å². The van der Waals surface area contributed by atoms with Gasteiger partial charge in [0.15, 0.2) is 0 Å². The van der Waals surface area contributed by atoms with E-state index in [1.807, 2.05) is 51.2 Å². The van der Waals surface area contributed by atoms with Gasteiger partial charge in [-0.1, -0.05) is 44.2 Å². The van der Waals surface area contributed by atoms with Crippen LogP contribution in [0.1, 0.15) is 49.2 Å². The zero-order valence-corrected chi connectivity index (χ0v) is 21.8. The van der Waals surface area contributed by atoms with Crippen molar-refractivity contribution < 1.29 is 23.7 Å². The second kappa shape index (κ2) is 14.4. The topological polar surface area (TPSA) is 123 Å². The van der Waals surface area contributed by atoms with Gasteiger partial charge in [0, 0.05) is 32.0 Å². The summed E-state index contributed by atoms with van der Waals surface area (Å²) in [5.41, 5.74) is 0.995. The van der Waals surface area contributed by atoms with Crippen LogP contribution in [0.25, 0.3) is 0 Å². The lowest BCUT2D eigenvalue weighted by Crippen LogP contribution is -2.57. The molecule has 3 rings (SSSR count). The molecule has 0 bridgehead atoms. The molecule has 1 aliphatic rings. The van der Waals surface area contributed by atoms with Crippen LogP contribution in [0.15, 0.2) is 48.9 Å². The Morgan fingerprint density at radius 2 is 1.92 bits per heavy atom. The molecule has 0 spiro atoms. The zero-order valence-electron chi connectivity index (χ0n) is 21.8. The van der Waals surface area contributed by atoms with Crippen molar-refractivity contribution in [2.45, 2.75) is 51.5 Å². The van der Waals surface area contributed by atoms with Crippen LogP contribution in [0.3, 0.4) is 0 Å². The van der Waals surface area contributed by atoms with Crippen molar-refractivity contribution in [1.82, 2.24) is 25.5 Å². The first kappa shape index (κ1) is 28.3. The van der Waals surface area contributed by atoms with E-state index in [1.165, 1.54) is 18.6 Å². The zero-order chi connectivity index (χ0) is 26.6. The van der Waals surface area contributed by atoms with Gasteiger partial charge < -0.3 is 24.8 Å². The lowest BCUT2D eigenvalue weighted by Gasteiger charge is -2.29. The van der Waals surface area contributed by atoms with E-state index in [-0.39, 0.29) is 30.4 Å². The van der Waals surface area contributed by atoms with Crippen molar-refractivity contribution in [1.29, 1.82) is 0 Å². The number of benzene rings is 1. The van der Waals surface area contributed by atoms with Gasteiger partial charge in [0.05, 0.1) is 18.6 Å². The molecule has 1 fully saturated rings. The van der Waals surface area contributed by atoms with Crippen molar-refractivity contribution in [3.05, 3.63) is 60.2 Å². The Bertz CT molecular complexity index is 1010. The van der Waals surface area contributed by atoms with E-state index >= 15 is 0 Å². The molecule has 2 aromatic rings. The number of hydrogen-bond donors (Lipinski definition) is 2. The molecule has 0 radical (unpaired) electrons. The maximum atomic E-state index is 13.6. The number of hydrogen-bond acceptors (Lipinski definition) is 8. The van der Waals surface area contributed by atoms with Crippen LogP contribution in [-0.4, -0.2) is 78.5 Å². The summed E-state index contributed by atoms with van der Waals surface area (Å²) in [7, 11) is 1.03. The van der Waals surface area contributed by atoms with E-state index in [0.29, 0.717) is 19.6 Å². The van der Waals surface area contributed by atoms with E-state index in [4.69, 9.17) is 9.31 Å². The van der Waals surface area contributed by atoms with Crippen LogP contribution >= 0.6 is 0 Å². The molecule has 11 heteroatoms. The Morgan fingerprint density at radius 1 is 1.14 bits per heavy atom. The van der Waals surface area contributed by atoms with E-state index < -0.39 is 30.9 Å². The highest BCUT2D eigenvalue weighted by Crippen LogP contribution is 2.14. The number of carbonyl (C=O) groups is 3. The summed E-state index contributed by atoms with van der Waals surface area (Å²) >= 11 is 0. The van der Waals surface area contributed by atoms with Gasteiger partial charge in [-0.05, 0) is 37.9 Å². The summed E-state index contributed by atoms with van der Waals surface area (Å²) in [6, 6.07) is 8.53. The van der Waals surface area contributed by atoms with E-state index in [0.717, 1.165) is 18.5 Å². The van der Waals surface area contributed by atoms with E-state index in [2.05, 4.69) is 25.5 Å². The summed E-state index contributed by atoms with van der Waals surface area (Å²) in [6.45, 7) is 5.83. The predicted molar refractivity (Wildman–Crippen MR) is 139 cm³/mol. The highest BCUT2D eigenvalue weighted by Gasteiger charge is 2.37. The summed E-state index contributed by atoms with van der Waals surface area (Å²) in [5, 5.41) is 5.80. The molecular formula is C26H36BN5O5. The van der Waals surface area contributed by atoms with Gasteiger partial charge in [0.2, 0.25) is 5.91 Å². The average Bonchev–Trinajstić information content (AvgIpc) is 2.89. The number of carbonyl (C=O) groups excluding carboxylic acids is 3. The third-order valence-corrected chi connectivity index (χ3v) is 5.99. The molecule has 10 nitrogen and oxygen atoms in total. The maximum absolute atomic E-state index is 13.6. The van der Waals surface area contributed by atoms with Crippen molar-refractivity contribution >= 4 is 24.9 Å². The van der Waals surface area contributed by atoms with Crippen LogP contribution < -0.4 is 10.6 Å². The molecule has 0 unspecified atom stereocenters. The SMILES string of the molecule is CC(C)C[C@H](NC(=O)[C@H](Cc1ccccc1)NC(=O)c1cnccn1)B1OCCCN(C)CCC(=O)O1. The first-order valence-corrected chi connectivity index (χ1v) is 12.7. The second-order valence-electron chi connectivity index (χ2n) is 9.69. The van der Waals surface area contributed by atoms with Gasteiger partial charge >= 0.3 is 7.12 Å². The minimum absolute atomic E-state index is 0.113. The van der Waals surface area contributed by atoms with Crippen molar-refractivity contribution in [2.24, 2.45) is 5.92 Å². The minimum Gasteiger partial charge on any atom is -0.508 e. The summed E-state index contributed by atoms with van der Waals surface area (Å²) < 4.78 is 11.6. The predicted octanol–water partition coefficient (Wildman–Crippen LogP) is 1.66. The second-order valence-corrected chi connectivity index (χ2v) is 9.69. The van der Waals surface area contributed by atoms with Crippen LogP contribution in [0, 0.1) is 5.92 Å². The van der Waals surface area contributed by atoms with Crippen molar-refractivity contribution in [3.63, 3.8) is 0 Å². The lowest BCUT2D eigenvalue weighted by atomic mass is 9.73. The molecule has 1 aromatic heterocycles. The Hall–Kier alpha value is -3.31. The largest absolute Gasteiger partial charge is 0.551 e. The fourth-order valence-electron chi connectivity index (χ4n) is 4.09. The number of rotatable bonds is 9. The van der Waals surface area contributed by atoms with Gasteiger partial charge in [-0.2, -0.15) is 0 Å². The molecule has 2 atom stereocenters. The molecule has 0 saturated carbocycles. The van der Waals surface area contributed by atoms with Gasteiger partial charge in [-0.3, -0.25) is 19.4 Å². The van der Waals surface area contributed by atoms with E-state index in [9.17, 15) is 14.4 Å². The standard InChI is InChI=1S/C26H36BN5O5/c1-19(2)16-23(27-36-15-7-13-32(3)14-10-24(33)37-27)31-25(34)21(17-20-8-5-4-6-9-20)30-26(35)22-18-28-11-12-29-22/h4-6,8-9,11-12,18-19,21,23H,7,10,13-17H2,1-3H3,(H,30,35)(H,31,34)/t21-,23-/m0/s1. The third-order valence-electron chi connectivity index (χ3n) is 5.99. The Balaban J connectivity index is 1.78. The smallest absolute Gasteiger partial charge is 0.508 e.